The molecule has 0 aliphatic heterocycles. The Hall–Kier alpha value is -3.41. The van der Waals surface area contributed by atoms with E-state index >= 15 is 0 Å². The predicted molar refractivity (Wildman–Crippen MR) is 131 cm³/mol. The number of anilines is 1. The Morgan fingerprint density at radius 2 is 2.03 bits per heavy atom. The summed E-state index contributed by atoms with van der Waals surface area (Å²) in [6.45, 7) is 3.59. The molecule has 2 amide bonds. The molecule has 0 saturated heterocycles. The summed E-state index contributed by atoms with van der Waals surface area (Å²) in [4.78, 5) is 25.0. The SMILES string of the molecule is C=CCn1c(SCC(=O)Nc2ccc(F)c(Cl)c2)nnc1[C@H](CO)NC(=O)c1ccc(OC)cc1. The van der Waals surface area contributed by atoms with E-state index in [4.69, 9.17) is 16.3 Å². The summed E-state index contributed by atoms with van der Waals surface area (Å²) in [5.41, 5.74) is 0.739. The van der Waals surface area contributed by atoms with Crippen molar-refractivity contribution in [2.24, 2.45) is 0 Å². The van der Waals surface area contributed by atoms with Crippen molar-refractivity contribution >= 4 is 40.9 Å². The summed E-state index contributed by atoms with van der Waals surface area (Å²) in [7, 11) is 1.53. The number of benzene rings is 2. The van der Waals surface area contributed by atoms with Crippen molar-refractivity contribution in [1.29, 1.82) is 0 Å². The largest absolute Gasteiger partial charge is 0.497 e. The first kappa shape index (κ1) is 26.2. The smallest absolute Gasteiger partial charge is 0.251 e. The van der Waals surface area contributed by atoms with Crippen LogP contribution < -0.4 is 15.4 Å². The molecule has 0 bridgehead atoms. The lowest BCUT2D eigenvalue weighted by Gasteiger charge is -2.17. The van der Waals surface area contributed by atoms with Gasteiger partial charge < -0.3 is 25.0 Å². The fourth-order valence-corrected chi connectivity index (χ4v) is 3.98. The molecule has 1 heterocycles. The number of aliphatic hydroxyl groups excluding tert-OH is 1. The molecule has 3 N–H and O–H groups in total. The molecule has 2 aromatic carbocycles. The summed E-state index contributed by atoms with van der Waals surface area (Å²) in [6, 6.07) is 9.55. The summed E-state index contributed by atoms with van der Waals surface area (Å²) in [5, 5.41) is 23.8. The van der Waals surface area contributed by atoms with Gasteiger partial charge in [0.2, 0.25) is 5.91 Å². The summed E-state index contributed by atoms with van der Waals surface area (Å²) in [5.74, 6) is -0.458. The number of hydrogen-bond acceptors (Lipinski definition) is 7. The highest BCUT2D eigenvalue weighted by atomic mass is 35.5. The van der Waals surface area contributed by atoms with Crippen LogP contribution in [0.5, 0.6) is 5.75 Å². The van der Waals surface area contributed by atoms with Crippen molar-refractivity contribution in [1.82, 2.24) is 20.1 Å². The fraction of sp³-hybridized carbons (Fsp3) is 0.217. The number of nitrogens with one attached hydrogen (secondary N) is 2. The van der Waals surface area contributed by atoms with Crippen molar-refractivity contribution < 1.29 is 23.8 Å². The molecular weight excluding hydrogens is 497 g/mol. The third-order valence-electron chi connectivity index (χ3n) is 4.74. The first-order valence-corrected chi connectivity index (χ1v) is 11.7. The number of nitrogens with zero attached hydrogens (tertiary/aromatic N) is 3. The predicted octanol–water partition coefficient (Wildman–Crippen LogP) is 3.46. The molecule has 0 saturated carbocycles. The minimum atomic E-state index is -0.846. The van der Waals surface area contributed by atoms with Crippen LogP contribution in [0.25, 0.3) is 0 Å². The van der Waals surface area contributed by atoms with Gasteiger partial charge in [0.15, 0.2) is 11.0 Å². The lowest BCUT2D eigenvalue weighted by molar-refractivity contribution is -0.113. The van der Waals surface area contributed by atoms with Gasteiger partial charge in [0.1, 0.15) is 17.6 Å². The molecule has 3 rings (SSSR count). The molecule has 0 aliphatic rings. The number of methoxy groups -OCH3 is 1. The lowest BCUT2D eigenvalue weighted by atomic mass is 10.2. The molecule has 9 nitrogen and oxygen atoms in total. The van der Waals surface area contributed by atoms with E-state index in [-0.39, 0.29) is 23.2 Å². The maximum absolute atomic E-state index is 13.3. The molecule has 0 unspecified atom stereocenters. The van der Waals surface area contributed by atoms with Gasteiger partial charge in [0, 0.05) is 17.8 Å². The summed E-state index contributed by atoms with van der Waals surface area (Å²) >= 11 is 6.85. The van der Waals surface area contributed by atoms with E-state index in [1.54, 1.807) is 34.9 Å². The van der Waals surface area contributed by atoms with Crippen LogP contribution in [-0.2, 0) is 11.3 Å². The highest BCUT2D eigenvalue weighted by molar-refractivity contribution is 7.99. The molecule has 184 valence electrons. The third kappa shape index (κ3) is 6.81. The second-order valence-electron chi connectivity index (χ2n) is 7.14. The average molecular weight is 520 g/mol. The topological polar surface area (TPSA) is 118 Å². The maximum Gasteiger partial charge on any atom is 0.251 e. The van der Waals surface area contributed by atoms with Gasteiger partial charge in [0.05, 0.1) is 24.5 Å². The molecule has 0 aliphatic carbocycles. The Bertz CT molecular complexity index is 1210. The van der Waals surface area contributed by atoms with Crippen molar-refractivity contribution in [3.8, 4) is 5.75 Å². The van der Waals surface area contributed by atoms with Gasteiger partial charge in [0.25, 0.3) is 5.91 Å². The number of ether oxygens (including phenoxy) is 1. The van der Waals surface area contributed by atoms with Crippen molar-refractivity contribution in [3.05, 3.63) is 77.3 Å². The maximum atomic E-state index is 13.3. The van der Waals surface area contributed by atoms with Crippen LogP contribution in [0.1, 0.15) is 22.2 Å². The van der Waals surface area contributed by atoms with E-state index in [1.165, 1.54) is 19.2 Å². The number of carbonyl (C=O) groups is 2. The molecule has 1 aromatic heterocycles. The van der Waals surface area contributed by atoms with Crippen molar-refractivity contribution in [2.45, 2.75) is 17.7 Å². The second kappa shape index (κ2) is 12.3. The molecule has 0 radical (unpaired) electrons. The minimum Gasteiger partial charge on any atom is -0.497 e. The number of allylic oxidation sites excluding steroid dienone is 1. The number of aliphatic hydroxyl groups is 1. The Balaban J connectivity index is 1.69. The van der Waals surface area contributed by atoms with E-state index in [1.807, 2.05) is 0 Å². The molecule has 12 heteroatoms. The van der Waals surface area contributed by atoms with Gasteiger partial charge in [-0.05, 0) is 42.5 Å². The fourth-order valence-electron chi connectivity index (χ4n) is 3.04. The number of hydrogen-bond donors (Lipinski definition) is 3. The Labute approximate surface area is 210 Å². The quantitative estimate of drug-likeness (QED) is 0.262. The molecule has 0 fully saturated rings. The van der Waals surface area contributed by atoms with Crippen LogP contribution >= 0.6 is 23.4 Å². The highest BCUT2D eigenvalue weighted by Crippen LogP contribution is 2.23. The number of halogens is 2. The molecular formula is C23H23ClFN5O4S. The number of amides is 2. The lowest BCUT2D eigenvalue weighted by Crippen LogP contribution is -2.33. The van der Waals surface area contributed by atoms with Gasteiger partial charge in [-0.2, -0.15) is 0 Å². The van der Waals surface area contributed by atoms with E-state index in [0.29, 0.717) is 28.0 Å². The first-order chi connectivity index (χ1) is 16.9. The first-order valence-electron chi connectivity index (χ1n) is 10.3. The Morgan fingerprint density at radius 1 is 1.29 bits per heavy atom. The normalized spacial score (nSPS) is 11.5. The van der Waals surface area contributed by atoms with Gasteiger partial charge >= 0.3 is 0 Å². The molecule has 35 heavy (non-hydrogen) atoms. The van der Waals surface area contributed by atoms with E-state index < -0.39 is 24.4 Å². The third-order valence-corrected chi connectivity index (χ3v) is 6.00. The average Bonchev–Trinajstić information content (AvgIpc) is 3.26. The molecule has 1 atom stereocenters. The zero-order valence-electron chi connectivity index (χ0n) is 18.7. The van der Waals surface area contributed by atoms with E-state index in [2.05, 4.69) is 27.4 Å². The molecule has 0 spiro atoms. The van der Waals surface area contributed by atoms with Crippen molar-refractivity contribution in [3.63, 3.8) is 0 Å². The zero-order valence-corrected chi connectivity index (χ0v) is 20.3. The number of aromatic nitrogens is 3. The second-order valence-corrected chi connectivity index (χ2v) is 8.49. The van der Waals surface area contributed by atoms with E-state index in [0.717, 1.165) is 17.8 Å². The summed E-state index contributed by atoms with van der Waals surface area (Å²) in [6.07, 6.45) is 1.61. The van der Waals surface area contributed by atoms with Gasteiger partial charge in [-0.3, -0.25) is 9.59 Å². The number of thioether (sulfide) groups is 1. The monoisotopic (exact) mass is 519 g/mol. The molecule has 3 aromatic rings. The highest BCUT2D eigenvalue weighted by Gasteiger charge is 2.23. The van der Waals surface area contributed by atoms with Gasteiger partial charge in [-0.25, -0.2) is 4.39 Å². The van der Waals surface area contributed by atoms with Crippen LogP contribution in [0.4, 0.5) is 10.1 Å². The van der Waals surface area contributed by atoms with Crippen LogP contribution in [0.15, 0.2) is 60.3 Å². The number of rotatable bonds is 11. The minimum absolute atomic E-state index is 0.0216. The van der Waals surface area contributed by atoms with Crippen LogP contribution in [0.3, 0.4) is 0 Å². The van der Waals surface area contributed by atoms with Gasteiger partial charge in [-0.1, -0.05) is 29.4 Å². The Kier molecular flexibility index (Phi) is 9.24. The Morgan fingerprint density at radius 3 is 2.66 bits per heavy atom. The summed E-state index contributed by atoms with van der Waals surface area (Å²) < 4.78 is 20.0. The van der Waals surface area contributed by atoms with Gasteiger partial charge in [-0.15, -0.1) is 16.8 Å². The zero-order chi connectivity index (χ0) is 25.4. The van der Waals surface area contributed by atoms with E-state index in [9.17, 15) is 19.1 Å². The van der Waals surface area contributed by atoms with Crippen LogP contribution in [0, 0.1) is 5.82 Å². The van der Waals surface area contributed by atoms with Crippen LogP contribution in [-0.4, -0.2) is 51.2 Å². The number of carbonyl (C=O) groups excluding carboxylic acids is 2. The standard InChI is InChI=1S/C23H23ClFN5O4S/c1-3-10-30-21(19(12-31)27-22(33)14-4-7-16(34-2)8-5-14)28-29-23(30)35-13-20(32)26-15-6-9-18(25)17(24)11-15/h3-9,11,19,31H,1,10,12-13H2,2H3,(H,26,32)(H,27,33)/t19-/m0/s1. The van der Waals surface area contributed by atoms with Crippen molar-refractivity contribution in [2.75, 3.05) is 24.8 Å². The van der Waals surface area contributed by atoms with Crippen LogP contribution in [0.2, 0.25) is 5.02 Å².